The van der Waals surface area contributed by atoms with Crippen molar-refractivity contribution < 1.29 is 0 Å². The molecule has 1 aliphatic rings. The fourth-order valence-corrected chi connectivity index (χ4v) is 5.26. The minimum absolute atomic E-state index is 0.0919. The highest BCUT2D eigenvalue weighted by Crippen LogP contribution is 2.29. The number of pyridine rings is 1. The summed E-state index contributed by atoms with van der Waals surface area (Å²) in [5, 5.41) is 0.536. The van der Waals surface area contributed by atoms with Crippen LogP contribution in [0.4, 0.5) is 0 Å². The fourth-order valence-electron chi connectivity index (χ4n) is 2.44. The van der Waals surface area contributed by atoms with Crippen LogP contribution in [0.15, 0.2) is 12.1 Å². The minimum atomic E-state index is -0.0919. The molecule has 1 fully saturated rings. The van der Waals surface area contributed by atoms with Crippen LogP contribution in [-0.4, -0.2) is 37.0 Å². The first kappa shape index (κ1) is 14.5. The number of nitrogens with zero attached hydrogens (tertiary/aromatic N) is 3. The van der Waals surface area contributed by atoms with Crippen LogP contribution in [0, 0.1) is 6.92 Å². The number of fused-ring (bicyclic) bond motifs is 1. The Morgan fingerprint density at radius 2 is 2.25 bits per heavy atom. The second-order valence-corrected chi connectivity index (χ2v) is 8.27. The van der Waals surface area contributed by atoms with Gasteiger partial charge in [0.15, 0.2) is 5.65 Å². The van der Waals surface area contributed by atoms with Crippen molar-refractivity contribution >= 4 is 46.3 Å². The van der Waals surface area contributed by atoms with Crippen LogP contribution in [0.25, 0.3) is 11.2 Å². The van der Waals surface area contributed by atoms with E-state index >= 15 is 0 Å². The predicted octanol–water partition coefficient (Wildman–Crippen LogP) is 3.89. The van der Waals surface area contributed by atoms with Crippen LogP contribution in [-0.2, 0) is 6.54 Å². The summed E-state index contributed by atoms with van der Waals surface area (Å²) in [5.41, 5.74) is 2.95. The zero-order valence-corrected chi connectivity index (χ0v) is 14.1. The molecule has 3 heterocycles. The van der Waals surface area contributed by atoms with Crippen molar-refractivity contribution in [2.24, 2.45) is 0 Å². The van der Waals surface area contributed by atoms with Crippen LogP contribution < -0.4 is 0 Å². The van der Waals surface area contributed by atoms with Gasteiger partial charge in [0.25, 0.3) is 0 Å². The van der Waals surface area contributed by atoms with E-state index < -0.39 is 0 Å². The van der Waals surface area contributed by atoms with Crippen LogP contribution >= 0.6 is 35.1 Å². The van der Waals surface area contributed by atoms with E-state index in [9.17, 15) is 0 Å². The molecular weight excluding hydrogens is 310 g/mol. The lowest BCUT2D eigenvalue weighted by atomic mass is 10.3. The first-order chi connectivity index (χ1) is 9.65. The number of imidazole rings is 1. The van der Waals surface area contributed by atoms with E-state index in [-0.39, 0.29) is 5.38 Å². The Balaban J connectivity index is 2.01. The third kappa shape index (κ3) is 2.95. The molecule has 3 rings (SSSR count). The molecule has 1 saturated heterocycles. The van der Waals surface area contributed by atoms with E-state index in [1.54, 1.807) is 0 Å². The van der Waals surface area contributed by atoms with Crippen molar-refractivity contribution in [1.82, 2.24) is 14.5 Å². The molecule has 2 aromatic heterocycles. The topological polar surface area (TPSA) is 30.7 Å². The Morgan fingerprint density at radius 1 is 1.40 bits per heavy atom. The summed E-state index contributed by atoms with van der Waals surface area (Å²) in [4.78, 5) is 9.34. The van der Waals surface area contributed by atoms with Crippen LogP contribution in [0.5, 0.6) is 0 Å². The lowest BCUT2D eigenvalue weighted by Gasteiger charge is -2.22. The standard InChI is InChI=1S/C14H18ClN3S2/c1-9-3-4-12-14(16-9)18(13(17-12)10(2)15)7-11-8-19-5-6-20-11/h3-4,10-11H,5-8H2,1-2H3. The van der Waals surface area contributed by atoms with Gasteiger partial charge in [0, 0.05) is 34.7 Å². The average molecular weight is 328 g/mol. The average Bonchev–Trinajstić information content (AvgIpc) is 2.78. The van der Waals surface area contributed by atoms with Crippen molar-refractivity contribution in [2.45, 2.75) is 31.0 Å². The Bertz CT molecular complexity index is 606. The SMILES string of the molecule is Cc1ccc2nc(C(C)Cl)n(CC3CSCCS3)c2n1. The van der Waals surface area contributed by atoms with E-state index in [0.717, 1.165) is 29.2 Å². The highest BCUT2D eigenvalue weighted by molar-refractivity contribution is 8.06. The van der Waals surface area contributed by atoms with Gasteiger partial charge in [0.05, 0.1) is 5.38 Å². The van der Waals surface area contributed by atoms with Gasteiger partial charge in [-0.3, -0.25) is 0 Å². The van der Waals surface area contributed by atoms with Crippen LogP contribution in [0.1, 0.15) is 23.8 Å². The third-order valence-corrected chi connectivity index (χ3v) is 6.41. The van der Waals surface area contributed by atoms with Gasteiger partial charge in [0.2, 0.25) is 0 Å². The molecule has 3 nitrogen and oxygen atoms in total. The number of aryl methyl sites for hydroxylation is 1. The van der Waals surface area contributed by atoms with E-state index in [1.165, 1.54) is 17.3 Å². The molecule has 0 bridgehead atoms. The second kappa shape index (κ2) is 6.16. The Kier molecular flexibility index (Phi) is 4.48. The zero-order valence-electron chi connectivity index (χ0n) is 11.7. The second-order valence-electron chi connectivity index (χ2n) is 5.06. The van der Waals surface area contributed by atoms with Crippen molar-refractivity contribution in [2.75, 3.05) is 17.3 Å². The van der Waals surface area contributed by atoms with Crippen molar-refractivity contribution in [3.63, 3.8) is 0 Å². The van der Waals surface area contributed by atoms with Gasteiger partial charge in [-0.1, -0.05) is 0 Å². The summed E-state index contributed by atoms with van der Waals surface area (Å²) in [6.07, 6.45) is 0. The van der Waals surface area contributed by atoms with Crippen LogP contribution in [0.3, 0.4) is 0 Å². The zero-order chi connectivity index (χ0) is 14.1. The maximum atomic E-state index is 6.31. The van der Waals surface area contributed by atoms with E-state index in [2.05, 4.69) is 26.3 Å². The fraction of sp³-hybridized carbons (Fsp3) is 0.571. The quantitative estimate of drug-likeness (QED) is 0.800. The monoisotopic (exact) mass is 327 g/mol. The highest BCUT2D eigenvalue weighted by atomic mass is 35.5. The Hall–Kier alpha value is -0.390. The van der Waals surface area contributed by atoms with Gasteiger partial charge in [0.1, 0.15) is 11.3 Å². The lowest BCUT2D eigenvalue weighted by Crippen LogP contribution is -2.22. The van der Waals surface area contributed by atoms with E-state index in [4.69, 9.17) is 11.6 Å². The molecule has 0 saturated carbocycles. The van der Waals surface area contributed by atoms with Gasteiger partial charge < -0.3 is 4.57 Å². The number of thioether (sulfide) groups is 2. The molecular formula is C14H18ClN3S2. The summed E-state index contributed by atoms with van der Waals surface area (Å²) < 4.78 is 2.23. The van der Waals surface area contributed by atoms with Crippen LogP contribution in [0.2, 0.25) is 0 Å². The van der Waals surface area contributed by atoms with Gasteiger partial charge in [-0.25, -0.2) is 9.97 Å². The number of rotatable bonds is 3. The normalized spacial score (nSPS) is 21.2. The summed E-state index contributed by atoms with van der Waals surface area (Å²) in [6.45, 7) is 4.96. The molecule has 20 heavy (non-hydrogen) atoms. The summed E-state index contributed by atoms with van der Waals surface area (Å²) >= 11 is 10.4. The number of aromatic nitrogens is 3. The molecule has 0 amide bonds. The maximum absolute atomic E-state index is 6.31. The van der Waals surface area contributed by atoms with Crippen molar-refractivity contribution in [1.29, 1.82) is 0 Å². The maximum Gasteiger partial charge on any atom is 0.160 e. The molecule has 2 unspecified atom stereocenters. The van der Waals surface area contributed by atoms with E-state index in [1.807, 2.05) is 37.7 Å². The first-order valence-corrected chi connectivity index (χ1v) is 9.46. The summed E-state index contributed by atoms with van der Waals surface area (Å²) in [5.74, 6) is 4.64. The van der Waals surface area contributed by atoms with Gasteiger partial charge in [-0.2, -0.15) is 23.5 Å². The number of hydrogen-bond donors (Lipinski definition) is 0. The van der Waals surface area contributed by atoms with Crippen molar-refractivity contribution in [3.8, 4) is 0 Å². The molecule has 0 radical (unpaired) electrons. The molecule has 0 aromatic carbocycles. The molecule has 0 aliphatic carbocycles. The molecule has 0 spiro atoms. The summed E-state index contributed by atoms with van der Waals surface area (Å²) in [7, 11) is 0. The molecule has 0 N–H and O–H groups in total. The smallest absolute Gasteiger partial charge is 0.160 e. The number of hydrogen-bond acceptors (Lipinski definition) is 4. The van der Waals surface area contributed by atoms with E-state index in [0.29, 0.717) is 5.25 Å². The largest absolute Gasteiger partial charge is 0.310 e. The molecule has 108 valence electrons. The molecule has 2 aromatic rings. The summed E-state index contributed by atoms with van der Waals surface area (Å²) in [6, 6.07) is 4.05. The van der Waals surface area contributed by atoms with Gasteiger partial charge in [-0.05, 0) is 26.0 Å². The molecule has 6 heteroatoms. The Morgan fingerprint density at radius 3 is 2.95 bits per heavy atom. The van der Waals surface area contributed by atoms with Gasteiger partial charge in [-0.15, -0.1) is 11.6 Å². The third-order valence-electron chi connectivity index (χ3n) is 3.39. The van der Waals surface area contributed by atoms with Crippen molar-refractivity contribution in [3.05, 3.63) is 23.7 Å². The molecule has 2 atom stereocenters. The Labute approximate surface area is 132 Å². The first-order valence-electron chi connectivity index (χ1n) is 6.82. The number of alkyl halides is 1. The predicted molar refractivity (Wildman–Crippen MR) is 90.1 cm³/mol. The highest BCUT2D eigenvalue weighted by Gasteiger charge is 2.21. The lowest BCUT2D eigenvalue weighted by molar-refractivity contribution is 0.662. The van der Waals surface area contributed by atoms with Gasteiger partial charge >= 0.3 is 0 Å². The minimum Gasteiger partial charge on any atom is -0.310 e. The number of halogens is 1. The molecule has 1 aliphatic heterocycles.